The Hall–Kier alpha value is -1.16. The first-order valence-electron chi connectivity index (χ1n) is 6.12. The van der Waals surface area contributed by atoms with Gasteiger partial charge in [-0.15, -0.1) is 10.2 Å². The van der Waals surface area contributed by atoms with Crippen molar-refractivity contribution in [1.29, 1.82) is 0 Å². The summed E-state index contributed by atoms with van der Waals surface area (Å²) in [7, 11) is 0. The number of halogens is 1. The number of nitrogens with zero attached hydrogens (tertiary/aromatic N) is 3. The fraction of sp³-hybridized carbons (Fsp3) is 0.429. The van der Waals surface area contributed by atoms with Gasteiger partial charge in [0, 0.05) is 11.6 Å². The number of hydrogen-bond acceptors (Lipinski definition) is 2. The highest BCUT2D eigenvalue weighted by atomic mass is 79.9. The Morgan fingerprint density at radius 1 is 1.22 bits per heavy atom. The zero-order valence-corrected chi connectivity index (χ0v) is 12.8. The van der Waals surface area contributed by atoms with E-state index in [0.29, 0.717) is 6.04 Å². The minimum atomic E-state index is 0.350. The molecule has 4 heteroatoms. The molecule has 3 nitrogen and oxygen atoms in total. The van der Waals surface area contributed by atoms with E-state index in [2.05, 4.69) is 76.6 Å². The highest BCUT2D eigenvalue weighted by Crippen LogP contribution is 2.27. The average Bonchev–Trinajstić information content (AvgIpc) is 2.75. The highest BCUT2D eigenvalue weighted by Gasteiger charge is 2.16. The molecule has 0 saturated carbocycles. The second kappa shape index (κ2) is 5.22. The molecule has 1 aromatic carbocycles. The summed E-state index contributed by atoms with van der Waals surface area (Å²) in [6, 6.07) is 6.79. The second-order valence-electron chi connectivity index (χ2n) is 4.86. The minimum Gasteiger partial charge on any atom is -0.308 e. The van der Waals surface area contributed by atoms with Crippen molar-refractivity contribution in [2.75, 3.05) is 0 Å². The lowest BCUT2D eigenvalue weighted by molar-refractivity contribution is 0.586. The molecule has 0 radical (unpaired) electrons. The first kappa shape index (κ1) is 13.3. The third kappa shape index (κ3) is 2.34. The molecule has 18 heavy (non-hydrogen) atoms. The van der Waals surface area contributed by atoms with E-state index in [1.165, 1.54) is 16.7 Å². The quantitative estimate of drug-likeness (QED) is 0.801. The van der Waals surface area contributed by atoms with Crippen LogP contribution in [0.3, 0.4) is 0 Å². The summed E-state index contributed by atoms with van der Waals surface area (Å²) in [6.45, 7) is 8.53. The Morgan fingerprint density at radius 2 is 1.94 bits per heavy atom. The monoisotopic (exact) mass is 307 g/mol. The second-order valence-corrected chi connectivity index (χ2v) is 5.42. The molecule has 1 aromatic heterocycles. The first-order valence-corrected chi connectivity index (χ1v) is 7.24. The largest absolute Gasteiger partial charge is 0.308 e. The van der Waals surface area contributed by atoms with Crippen molar-refractivity contribution in [3.05, 3.63) is 35.2 Å². The normalized spacial score (nSPS) is 11.2. The van der Waals surface area contributed by atoms with Crippen molar-refractivity contribution < 1.29 is 0 Å². The Bertz CT molecular complexity index is 558. The van der Waals surface area contributed by atoms with E-state index in [1.807, 2.05) is 0 Å². The smallest absolute Gasteiger partial charge is 0.164 e. The molecule has 0 fully saturated rings. The molecule has 1 heterocycles. The van der Waals surface area contributed by atoms with Crippen LogP contribution in [0.15, 0.2) is 18.2 Å². The van der Waals surface area contributed by atoms with Crippen LogP contribution in [0.2, 0.25) is 0 Å². The van der Waals surface area contributed by atoms with Gasteiger partial charge in [0.05, 0.1) is 5.33 Å². The van der Waals surface area contributed by atoms with Crippen LogP contribution < -0.4 is 0 Å². The summed E-state index contributed by atoms with van der Waals surface area (Å²) < 4.78 is 2.19. The summed E-state index contributed by atoms with van der Waals surface area (Å²) in [5.74, 6) is 1.93. The predicted octanol–water partition coefficient (Wildman–Crippen LogP) is 4.04. The summed E-state index contributed by atoms with van der Waals surface area (Å²) in [6.07, 6.45) is 0. The summed E-state index contributed by atoms with van der Waals surface area (Å²) in [5.41, 5.74) is 3.65. The number of rotatable bonds is 3. The molecular weight excluding hydrogens is 290 g/mol. The SMILES string of the molecule is Cc1ccc(C)c(-c2nnc(CBr)n2C(C)C)c1. The van der Waals surface area contributed by atoms with Crippen molar-refractivity contribution in [3.63, 3.8) is 0 Å². The van der Waals surface area contributed by atoms with Crippen LogP contribution in [0.4, 0.5) is 0 Å². The fourth-order valence-corrected chi connectivity index (χ4v) is 2.50. The first-order chi connectivity index (χ1) is 8.54. The van der Waals surface area contributed by atoms with Gasteiger partial charge in [-0.25, -0.2) is 0 Å². The van der Waals surface area contributed by atoms with Crippen molar-refractivity contribution in [2.45, 2.75) is 39.1 Å². The summed E-state index contributed by atoms with van der Waals surface area (Å²) in [5, 5.41) is 9.36. The van der Waals surface area contributed by atoms with Gasteiger partial charge in [-0.2, -0.15) is 0 Å². The van der Waals surface area contributed by atoms with Gasteiger partial charge in [0.1, 0.15) is 5.82 Å². The lowest BCUT2D eigenvalue weighted by atomic mass is 10.0. The third-order valence-electron chi connectivity index (χ3n) is 3.04. The Morgan fingerprint density at radius 3 is 2.56 bits per heavy atom. The molecule has 0 aliphatic carbocycles. The van der Waals surface area contributed by atoms with Crippen LogP contribution in [0.1, 0.15) is 36.8 Å². The Balaban J connectivity index is 2.63. The van der Waals surface area contributed by atoms with Gasteiger partial charge < -0.3 is 4.57 Å². The fourth-order valence-electron chi connectivity index (χ4n) is 2.12. The van der Waals surface area contributed by atoms with Crippen LogP contribution in [0.25, 0.3) is 11.4 Å². The molecule has 0 aliphatic rings. The van der Waals surface area contributed by atoms with Crippen LogP contribution in [0.5, 0.6) is 0 Å². The van der Waals surface area contributed by atoms with E-state index in [4.69, 9.17) is 0 Å². The van der Waals surface area contributed by atoms with Crippen LogP contribution in [0, 0.1) is 13.8 Å². The van der Waals surface area contributed by atoms with Gasteiger partial charge in [-0.3, -0.25) is 0 Å². The Labute approximate surface area is 116 Å². The number of aryl methyl sites for hydroxylation is 2. The molecule has 0 spiro atoms. The van der Waals surface area contributed by atoms with Gasteiger partial charge in [0.2, 0.25) is 0 Å². The maximum atomic E-state index is 4.36. The lowest BCUT2D eigenvalue weighted by Crippen LogP contribution is -2.07. The lowest BCUT2D eigenvalue weighted by Gasteiger charge is -2.14. The third-order valence-corrected chi connectivity index (χ3v) is 3.54. The van der Waals surface area contributed by atoms with Crippen molar-refractivity contribution in [2.24, 2.45) is 0 Å². The maximum Gasteiger partial charge on any atom is 0.164 e. The molecule has 0 unspecified atom stereocenters. The van der Waals surface area contributed by atoms with E-state index < -0.39 is 0 Å². The summed E-state index contributed by atoms with van der Waals surface area (Å²) in [4.78, 5) is 0. The van der Waals surface area contributed by atoms with Crippen molar-refractivity contribution >= 4 is 15.9 Å². The standard InChI is InChI=1S/C14H18BrN3/c1-9(2)18-13(8-15)16-17-14(18)12-7-10(3)5-6-11(12)4/h5-7,9H,8H2,1-4H3. The van der Waals surface area contributed by atoms with Crippen LogP contribution in [-0.4, -0.2) is 14.8 Å². The van der Waals surface area contributed by atoms with Gasteiger partial charge in [0.15, 0.2) is 5.82 Å². The zero-order valence-electron chi connectivity index (χ0n) is 11.2. The number of hydrogen-bond donors (Lipinski definition) is 0. The van der Waals surface area contributed by atoms with Crippen LogP contribution in [-0.2, 0) is 5.33 Å². The van der Waals surface area contributed by atoms with Crippen molar-refractivity contribution in [3.8, 4) is 11.4 Å². The molecule has 0 N–H and O–H groups in total. The van der Waals surface area contributed by atoms with E-state index in [0.717, 1.165) is 17.0 Å². The molecule has 0 aliphatic heterocycles. The molecule has 2 aromatic rings. The topological polar surface area (TPSA) is 30.7 Å². The number of alkyl halides is 1. The molecule has 2 rings (SSSR count). The van der Waals surface area contributed by atoms with Crippen molar-refractivity contribution in [1.82, 2.24) is 14.8 Å². The highest BCUT2D eigenvalue weighted by molar-refractivity contribution is 9.08. The Kier molecular flexibility index (Phi) is 3.85. The van der Waals surface area contributed by atoms with E-state index in [-0.39, 0.29) is 0 Å². The van der Waals surface area contributed by atoms with E-state index in [9.17, 15) is 0 Å². The molecule has 96 valence electrons. The number of benzene rings is 1. The molecule has 0 atom stereocenters. The predicted molar refractivity (Wildman–Crippen MR) is 77.9 cm³/mol. The van der Waals surface area contributed by atoms with Gasteiger partial charge >= 0.3 is 0 Å². The maximum absolute atomic E-state index is 4.36. The zero-order chi connectivity index (χ0) is 13.3. The molecule has 0 saturated heterocycles. The van der Waals surface area contributed by atoms with Gasteiger partial charge in [-0.1, -0.05) is 33.6 Å². The molecule has 0 bridgehead atoms. The van der Waals surface area contributed by atoms with Gasteiger partial charge in [0.25, 0.3) is 0 Å². The van der Waals surface area contributed by atoms with Crippen LogP contribution >= 0.6 is 15.9 Å². The van der Waals surface area contributed by atoms with Gasteiger partial charge in [-0.05, 0) is 39.3 Å². The van der Waals surface area contributed by atoms with E-state index in [1.54, 1.807) is 0 Å². The molecular formula is C14H18BrN3. The minimum absolute atomic E-state index is 0.350. The molecule has 0 amide bonds. The van der Waals surface area contributed by atoms with E-state index >= 15 is 0 Å². The number of aromatic nitrogens is 3. The summed E-state index contributed by atoms with van der Waals surface area (Å²) >= 11 is 3.47. The average molecular weight is 308 g/mol.